The van der Waals surface area contributed by atoms with Gasteiger partial charge in [0, 0.05) is 40.7 Å². The normalized spacial score (nSPS) is 61.4. The summed E-state index contributed by atoms with van der Waals surface area (Å²) in [5.41, 5.74) is 0. The molecule has 9 rings (SSSR count). The van der Waals surface area contributed by atoms with Crippen LogP contribution in [-0.2, 0) is 17.1 Å². The molecule has 9 aliphatic rings. The van der Waals surface area contributed by atoms with Gasteiger partial charge < -0.3 is 21.3 Å². The fourth-order valence-electron chi connectivity index (χ4n) is 14.6. The van der Waals surface area contributed by atoms with E-state index >= 15 is 70.2 Å². The first-order chi connectivity index (χ1) is 32.1. The van der Waals surface area contributed by atoms with Crippen molar-refractivity contribution in [3.05, 3.63) is 21.3 Å². The standard InChI is InChI=1S/C44H52F20N4.Cu/c45-25-21(26(46)34(54)41(61)33(25)53)17-9-1-2-10(65-9)18(22-27(47)35(55)42(62)36(56)28(22)48)12-5-6-14(67-12)20(24-31(51)39(59)44(64)40(60)32(24)52)16-8-7-15(68-16)19(13-4-3-11(17)66-13)23-29(49)37(57)43(63)38(58)30(23)50;/h9-44H,1-8H2;/q-4;. The molecule has 0 amide bonds. The Balaban J connectivity index is 0.00000642. The fourth-order valence-corrected chi connectivity index (χ4v) is 14.6. The van der Waals surface area contributed by atoms with Gasteiger partial charge in [0.1, 0.15) is 49.4 Å². The van der Waals surface area contributed by atoms with E-state index in [9.17, 15) is 17.6 Å². The van der Waals surface area contributed by atoms with Gasteiger partial charge in [-0.15, -0.1) is 48.3 Å². The van der Waals surface area contributed by atoms with Crippen LogP contribution < -0.4 is 0 Å². The number of hydrogen-bond donors (Lipinski definition) is 0. The Labute approximate surface area is 395 Å². The van der Waals surface area contributed by atoms with Gasteiger partial charge in [0.05, 0.1) is 0 Å². The van der Waals surface area contributed by atoms with Crippen molar-refractivity contribution in [1.82, 2.24) is 0 Å². The number of nitrogens with zero attached hydrogens (tertiary/aromatic N) is 4. The number of fused-ring (bicyclic) bond motifs is 8. The van der Waals surface area contributed by atoms with Gasteiger partial charge in [-0.2, -0.15) is 0 Å². The van der Waals surface area contributed by atoms with E-state index in [1.165, 1.54) is 0 Å². The second-order valence-corrected chi connectivity index (χ2v) is 21.0. The molecular weight excluding hydrogens is 1030 g/mol. The van der Waals surface area contributed by atoms with Crippen molar-refractivity contribution in [2.45, 2.75) is 223 Å². The molecule has 403 valence electrons. The summed E-state index contributed by atoms with van der Waals surface area (Å²) < 4.78 is 310. The van der Waals surface area contributed by atoms with Gasteiger partial charge in [-0.3, -0.25) is 0 Å². The number of rotatable bonds is 4. The number of halogens is 20. The predicted molar refractivity (Wildman–Crippen MR) is 207 cm³/mol. The Morgan fingerprint density at radius 1 is 0.159 bits per heavy atom. The molecule has 9 fully saturated rings. The van der Waals surface area contributed by atoms with Crippen LogP contribution in [0.25, 0.3) is 21.3 Å². The van der Waals surface area contributed by atoms with Crippen LogP contribution in [0.5, 0.6) is 0 Å². The van der Waals surface area contributed by atoms with Crippen LogP contribution in [0.3, 0.4) is 0 Å². The summed E-state index contributed by atoms with van der Waals surface area (Å²) in [6.07, 6.45) is -67.2. The van der Waals surface area contributed by atoms with Crippen molar-refractivity contribution < 1.29 is 105 Å². The van der Waals surface area contributed by atoms with E-state index in [-0.39, 0.29) is 68.4 Å². The van der Waals surface area contributed by atoms with Gasteiger partial charge in [0.15, 0.2) is 74.1 Å². The summed E-state index contributed by atoms with van der Waals surface area (Å²) in [5.74, 6) is -17.0. The monoisotopic (exact) mass is 1080 g/mol. The molecule has 25 heteroatoms. The van der Waals surface area contributed by atoms with Crippen molar-refractivity contribution in [2.24, 2.45) is 47.3 Å². The molecule has 1 radical (unpaired) electrons. The first-order valence-corrected chi connectivity index (χ1v) is 23.7. The molecule has 24 unspecified atom stereocenters. The topological polar surface area (TPSA) is 56.4 Å². The van der Waals surface area contributed by atoms with Crippen molar-refractivity contribution in [3.63, 3.8) is 0 Å². The molecule has 5 aliphatic heterocycles. The van der Waals surface area contributed by atoms with Gasteiger partial charge in [0.2, 0.25) is 0 Å². The molecule has 4 saturated carbocycles. The molecule has 5 heterocycles. The second-order valence-electron chi connectivity index (χ2n) is 21.0. The van der Waals surface area contributed by atoms with Gasteiger partial charge >= 0.3 is 0 Å². The summed E-state index contributed by atoms with van der Waals surface area (Å²) in [6.45, 7) is 0. The third kappa shape index (κ3) is 8.82. The zero-order chi connectivity index (χ0) is 49.3. The zero-order valence-corrected chi connectivity index (χ0v) is 37.0. The van der Waals surface area contributed by atoms with E-state index in [1.807, 2.05) is 0 Å². The van der Waals surface area contributed by atoms with Crippen molar-refractivity contribution >= 4 is 0 Å². The molecule has 0 aromatic heterocycles. The SMILES string of the molecule is FC1C(F)C(F)C(C2C3CCC([N-]3)C(C3C(F)C(F)C(F)C(F)C3F)C3CCC([N-]3)C(C3C(F)C(F)C(F)C(F)C3F)C3CCC([N-]3)C(C3C(F)C(F)C(F)C(F)C3F)C3CCC2[N-]3)C(F)C1F.[Cu]. The van der Waals surface area contributed by atoms with Crippen molar-refractivity contribution in [2.75, 3.05) is 0 Å². The molecule has 8 bridgehead atoms. The quantitative estimate of drug-likeness (QED) is 0.199. The fraction of sp³-hybridized carbons (Fsp3) is 1.00. The molecule has 0 aromatic carbocycles. The van der Waals surface area contributed by atoms with E-state index in [4.69, 9.17) is 0 Å². The maximum absolute atomic E-state index is 16.2. The number of hydrogen-bond acceptors (Lipinski definition) is 0. The van der Waals surface area contributed by atoms with E-state index in [2.05, 4.69) is 21.3 Å². The molecule has 0 aromatic rings. The Bertz CT molecular complexity index is 1400. The van der Waals surface area contributed by atoms with E-state index in [0.29, 0.717) is 0 Å². The molecule has 4 nitrogen and oxygen atoms in total. The smallest absolute Gasteiger partial charge is 0.168 e. The molecule has 0 spiro atoms. The first kappa shape index (κ1) is 54.2. The van der Waals surface area contributed by atoms with Crippen LogP contribution in [0.15, 0.2) is 0 Å². The maximum Gasteiger partial charge on any atom is 0.168 e. The van der Waals surface area contributed by atoms with Gasteiger partial charge in [0.25, 0.3) is 0 Å². The molecule has 0 N–H and O–H groups in total. The minimum atomic E-state index is -3.29. The summed E-state index contributed by atoms with van der Waals surface area (Å²) in [6, 6.07) is -12.4. The van der Waals surface area contributed by atoms with Gasteiger partial charge in [-0.05, 0) is 0 Å². The molecular formula is C44H52CuF20N4-4. The minimum Gasteiger partial charge on any atom is -0.656 e. The molecule has 69 heavy (non-hydrogen) atoms. The summed E-state index contributed by atoms with van der Waals surface area (Å²) in [5, 5.41) is 18.4. The molecule has 4 aliphatic carbocycles. The van der Waals surface area contributed by atoms with Crippen LogP contribution in [0.2, 0.25) is 0 Å². The third-order valence-electron chi connectivity index (χ3n) is 17.7. The van der Waals surface area contributed by atoms with Crippen LogP contribution in [-0.4, -0.2) is 172 Å². The van der Waals surface area contributed by atoms with Crippen molar-refractivity contribution in [3.8, 4) is 0 Å². The zero-order valence-electron chi connectivity index (χ0n) is 36.1. The van der Waals surface area contributed by atoms with E-state index in [0.717, 1.165) is 0 Å². The van der Waals surface area contributed by atoms with E-state index in [1.54, 1.807) is 0 Å². The number of alkyl halides is 20. The molecule has 5 saturated heterocycles. The maximum atomic E-state index is 16.2. The van der Waals surface area contributed by atoms with Gasteiger partial charge in [-0.25, -0.2) is 87.8 Å². The Morgan fingerprint density at radius 3 is 0.377 bits per heavy atom. The summed E-state index contributed by atoms with van der Waals surface area (Å²) in [7, 11) is 0. The third-order valence-corrected chi connectivity index (χ3v) is 17.7. The summed E-state index contributed by atoms with van der Waals surface area (Å²) >= 11 is 0. The van der Waals surface area contributed by atoms with Crippen LogP contribution in [0.1, 0.15) is 51.4 Å². The average molecular weight is 1080 g/mol. The Hall–Kier alpha value is -1.04. The Kier molecular flexibility index (Phi) is 16.2. The second kappa shape index (κ2) is 20.6. The van der Waals surface area contributed by atoms with Crippen molar-refractivity contribution in [1.29, 1.82) is 0 Å². The van der Waals surface area contributed by atoms with Crippen LogP contribution in [0.4, 0.5) is 87.8 Å². The minimum absolute atomic E-state index is 0. The Morgan fingerprint density at radius 2 is 0.261 bits per heavy atom. The summed E-state index contributed by atoms with van der Waals surface area (Å²) in [4.78, 5) is 0. The van der Waals surface area contributed by atoms with Crippen LogP contribution >= 0.6 is 0 Å². The van der Waals surface area contributed by atoms with Gasteiger partial charge in [-0.1, -0.05) is 75.0 Å². The predicted octanol–water partition coefficient (Wildman–Crippen LogP) is 11.4. The first-order valence-electron chi connectivity index (χ1n) is 23.7. The van der Waals surface area contributed by atoms with Crippen LogP contribution in [0, 0.1) is 47.3 Å². The largest absolute Gasteiger partial charge is 0.656 e. The average Bonchev–Trinajstić information content (AvgIpc) is 4.18. The van der Waals surface area contributed by atoms with E-state index < -0.39 is 219 Å². The molecule has 24 atom stereocenters.